The Hall–Kier alpha value is -3.08. The van der Waals surface area contributed by atoms with Crippen molar-refractivity contribution in [2.75, 3.05) is 13.3 Å². The van der Waals surface area contributed by atoms with Crippen LogP contribution in [-0.2, 0) is 40.1 Å². The molecule has 0 amide bonds. The van der Waals surface area contributed by atoms with Gasteiger partial charge in [0.25, 0.3) is 0 Å². The number of hydrogen-bond acceptors (Lipinski definition) is 4. The van der Waals surface area contributed by atoms with E-state index in [9.17, 15) is 0 Å². The van der Waals surface area contributed by atoms with Gasteiger partial charge in [0.1, 0.15) is 0 Å². The Kier molecular flexibility index (Phi) is 10.2. The number of rotatable bonds is 8. The van der Waals surface area contributed by atoms with E-state index in [1.807, 2.05) is 0 Å². The van der Waals surface area contributed by atoms with Crippen LogP contribution in [-0.4, -0.2) is 32.9 Å². The maximum atomic E-state index is 3.11. The predicted octanol–water partition coefficient (Wildman–Crippen LogP) is 9.17. The summed E-state index contributed by atoms with van der Waals surface area (Å²) in [4.78, 5) is 9.63. The molecule has 0 aliphatic carbocycles. The molecular formula is C36H34Br2N4Pd. The van der Waals surface area contributed by atoms with Gasteiger partial charge in [0.05, 0.1) is 13.3 Å². The quantitative estimate of drug-likeness (QED) is 0.146. The van der Waals surface area contributed by atoms with Crippen LogP contribution in [0.2, 0.25) is 0 Å². The molecule has 2 heterocycles. The van der Waals surface area contributed by atoms with E-state index < -0.39 is 0 Å². The Morgan fingerprint density at radius 3 is 1.14 bits per heavy atom. The van der Waals surface area contributed by atoms with Crippen LogP contribution < -0.4 is 0 Å². The van der Waals surface area contributed by atoms with Gasteiger partial charge in [-0.1, -0.05) is 109 Å². The van der Waals surface area contributed by atoms with Crippen molar-refractivity contribution >= 4 is 48.4 Å². The molecule has 43 heavy (non-hydrogen) atoms. The molecule has 5 aromatic rings. The summed E-state index contributed by atoms with van der Waals surface area (Å²) in [5.41, 5.74) is 5.53. The van der Waals surface area contributed by atoms with Gasteiger partial charge < -0.3 is 19.6 Å². The van der Waals surface area contributed by atoms with Crippen molar-refractivity contribution in [3.63, 3.8) is 0 Å². The average Bonchev–Trinajstić information content (AvgIpc) is 3.68. The van der Waals surface area contributed by atoms with E-state index in [0.29, 0.717) is 13.9 Å². The van der Waals surface area contributed by atoms with Crippen molar-refractivity contribution in [1.29, 1.82) is 0 Å². The van der Waals surface area contributed by atoms with Crippen LogP contribution in [0, 0.1) is 0 Å². The van der Waals surface area contributed by atoms with Gasteiger partial charge in [0.15, 0.2) is 0 Å². The Morgan fingerprint density at radius 1 is 0.419 bits per heavy atom. The molecule has 222 valence electrons. The molecule has 0 spiro atoms. The first kappa shape index (κ1) is 30.0. The van der Waals surface area contributed by atoms with Gasteiger partial charge in [-0.3, -0.25) is 0 Å². The molecule has 0 N–H and O–H groups in total. The van der Waals surface area contributed by atoms with E-state index in [1.54, 1.807) is 0 Å². The number of halogens is 2. The Balaban J connectivity index is 0.00000105. The Labute approximate surface area is 275 Å². The number of nitrogens with zero attached hydrogens (tertiary/aromatic N) is 4. The van der Waals surface area contributed by atoms with Crippen molar-refractivity contribution in [1.82, 2.24) is 19.6 Å². The first-order chi connectivity index (χ1) is 21.2. The zero-order valence-electron chi connectivity index (χ0n) is 23.8. The SMILES string of the molecule is C1=CN(Cc2cccc3ccccc23)CN1Cc1ccccc1CN1C=CN(Cc2cccc3ccccc23)C1.[Br][Pd][Br]. The van der Waals surface area contributed by atoms with Crippen LogP contribution >= 0.6 is 26.9 Å². The number of fused-ring (bicyclic) bond motifs is 2. The van der Waals surface area contributed by atoms with Crippen LogP contribution in [0.3, 0.4) is 0 Å². The topological polar surface area (TPSA) is 13.0 Å². The molecule has 0 saturated heterocycles. The monoisotopic (exact) mass is 786 g/mol. The average molecular weight is 789 g/mol. The van der Waals surface area contributed by atoms with Crippen molar-refractivity contribution in [3.8, 4) is 0 Å². The van der Waals surface area contributed by atoms with E-state index in [-0.39, 0.29) is 0 Å². The van der Waals surface area contributed by atoms with Crippen LogP contribution in [0.4, 0.5) is 0 Å². The minimum atomic E-state index is 0.575. The van der Waals surface area contributed by atoms with Gasteiger partial charge in [0.2, 0.25) is 0 Å². The van der Waals surface area contributed by atoms with E-state index in [2.05, 4.69) is 180 Å². The Morgan fingerprint density at radius 2 is 0.721 bits per heavy atom. The van der Waals surface area contributed by atoms with Crippen LogP contribution in [0.5, 0.6) is 0 Å². The van der Waals surface area contributed by atoms with Gasteiger partial charge in [-0.2, -0.15) is 0 Å². The fourth-order valence-corrected chi connectivity index (χ4v) is 6.05. The van der Waals surface area contributed by atoms with Crippen molar-refractivity contribution in [2.24, 2.45) is 0 Å². The van der Waals surface area contributed by atoms with Gasteiger partial charge >= 0.3 is 40.8 Å². The fourth-order valence-electron chi connectivity index (χ4n) is 6.05. The first-order valence-electron chi connectivity index (χ1n) is 14.4. The first-order valence-corrected chi connectivity index (χ1v) is 21.5. The van der Waals surface area contributed by atoms with Crippen LogP contribution in [0.15, 0.2) is 134 Å². The van der Waals surface area contributed by atoms with Crippen molar-refractivity contribution in [3.05, 3.63) is 156 Å². The zero-order valence-corrected chi connectivity index (χ0v) is 28.5. The maximum absolute atomic E-state index is 3.11. The third-order valence-corrected chi connectivity index (χ3v) is 8.08. The normalized spacial score (nSPS) is 14.3. The summed E-state index contributed by atoms with van der Waals surface area (Å²) in [6.07, 6.45) is 8.95. The molecule has 4 nitrogen and oxygen atoms in total. The molecular weight excluding hydrogens is 755 g/mol. The van der Waals surface area contributed by atoms with Gasteiger partial charge in [-0.25, -0.2) is 0 Å². The fraction of sp³-hybridized carbons (Fsp3) is 0.167. The second-order valence-electron chi connectivity index (χ2n) is 11.0. The molecule has 2 aliphatic heterocycles. The molecule has 0 fully saturated rings. The summed E-state index contributed by atoms with van der Waals surface area (Å²) in [5, 5.41) is 5.30. The van der Waals surface area contributed by atoms with E-state index in [4.69, 9.17) is 0 Å². The summed E-state index contributed by atoms with van der Waals surface area (Å²) in [6.45, 7) is 5.47. The predicted molar refractivity (Wildman–Crippen MR) is 182 cm³/mol. The molecule has 0 bridgehead atoms. The number of benzene rings is 5. The van der Waals surface area contributed by atoms with Crippen LogP contribution in [0.25, 0.3) is 21.5 Å². The van der Waals surface area contributed by atoms with E-state index >= 15 is 0 Å². The molecule has 0 aromatic heterocycles. The third kappa shape index (κ3) is 7.53. The summed E-state index contributed by atoms with van der Waals surface area (Å²) in [6, 6.07) is 39.5. The second-order valence-corrected chi connectivity index (χ2v) is 18.1. The molecule has 2 aliphatic rings. The standard InChI is InChI=1S/C36H34N4.2BrH.Pd/c1-2-12-32(24-38-20-22-40(28-38)26-34-16-8-14-30-10-4-6-18-36(30)34)31(11-1)23-37-19-21-39(27-37)25-33-15-7-13-29-9-3-5-17-35(29)33;;;/h1-22H,23-28H2;2*1H;/q;;;+2/p-2. The molecule has 0 radical (unpaired) electrons. The molecule has 7 rings (SSSR count). The summed E-state index contributed by atoms with van der Waals surface area (Å²) in [5.74, 6) is 0. The third-order valence-electron chi connectivity index (χ3n) is 8.08. The second kappa shape index (κ2) is 14.6. The van der Waals surface area contributed by atoms with Gasteiger partial charge in [0, 0.05) is 51.0 Å². The summed E-state index contributed by atoms with van der Waals surface area (Å²) in [7, 11) is 0. The minimum absolute atomic E-state index is 0.575. The van der Waals surface area contributed by atoms with Gasteiger partial charge in [-0.05, 0) is 43.8 Å². The van der Waals surface area contributed by atoms with Crippen LogP contribution in [0.1, 0.15) is 22.3 Å². The molecule has 0 atom stereocenters. The molecule has 7 heteroatoms. The van der Waals surface area contributed by atoms with Crippen molar-refractivity contribution in [2.45, 2.75) is 26.2 Å². The Bertz CT molecular complexity index is 1600. The summed E-state index contributed by atoms with van der Waals surface area (Å²) >= 11 is 6.80. The number of hydrogen-bond donors (Lipinski definition) is 0. The molecule has 0 saturated carbocycles. The van der Waals surface area contributed by atoms with E-state index in [0.717, 1.165) is 39.5 Å². The van der Waals surface area contributed by atoms with Gasteiger partial charge in [-0.15, -0.1) is 0 Å². The molecule has 0 unspecified atom stereocenters. The van der Waals surface area contributed by atoms with E-state index in [1.165, 1.54) is 43.8 Å². The summed E-state index contributed by atoms with van der Waals surface area (Å²) < 4.78 is 0. The van der Waals surface area contributed by atoms with Crippen molar-refractivity contribution < 1.29 is 13.9 Å². The molecule has 5 aromatic carbocycles. The zero-order chi connectivity index (χ0) is 29.4.